The van der Waals surface area contributed by atoms with Crippen molar-refractivity contribution in [2.75, 3.05) is 13.1 Å². The largest absolute Gasteiger partial charge is 0.354 e. The molecular weight excluding hydrogens is 188 g/mol. The van der Waals surface area contributed by atoms with Gasteiger partial charge in [-0.3, -0.25) is 4.79 Å². The van der Waals surface area contributed by atoms with E-state index in [1.54, 1.807) is 0 Å². The van der Waals surface area contributed by atoms with Gasteiger partial charge in [0.15, 0.2) is 0 Å². The summed E-state index contributed by atoms with van der Waals surface area (Å²) in [4.78, 5) is 10.3. The van der Waals surface area contributed by atoms with Gasteiger partial charge in [-0.05, 0) is 44.7 Å². The van der Waals surface area contributed by atoms with Crippen LogP contribution in [-0.4, -0.2) is 25.0 Å². The summed E-state index contributed by atoms with van der Waals surface area (Å²) in [5.41, 5.74) is -0.000810. The van der Waals surface area contributed by atoms with Gasteiger partial charge in [0.25, 0.3) is 0 Å². The minimum Gasteiger partial charge on any atom is -0.354 e. The highest BCUT2D eigenvalue weighted by molar-refractivity contribution is 5.85. The highest BCUT2D eigenvalue weighted by atomic mass is 35.5. The van der Waals surface area contributed by atoms with Crippen LogP contribution in [0.4, 0.5) is 0 Å². The number of hydrogen-bond donors (Lipinski definition) is 2. The van der Waals surface area contributed by atoms with Crippen molar-refractivity contribution in [1.29, 1.82) is 0 Å². The van der Waals surface area contributed by atoms with Crippen molar-refractivity contribution < 1.29 is 4.79 Å². The summed E-state index contributed by atoms with van der Waals surface area (Å²) in [6.07, 6.45) is 0.821. The van der Waals surface area contributed by atoms with Crippen LogP contribution in [-0.2, 0) is 4.79 Å². The Kier molecular flexibility index (Phi) is 2.88. The van der Waals surface area contributed by atoms with Crippen LogP contribution in [0.5, 0.6) is 0 Å². The molecule has 13 heavy (non-hydrogen) atoms. The van der Waals surface area contributed by atoms with Crippen LogP contribution in [0, 0.1) is 17.8 Å². The molecule has 3 atom stereocenters. The minimum absolute atomic E-state index is 0. The molecule has 1 saturated heterocycles. The molecule has 3 nitrogen and oxygen atoms in total. The maximum absolute atomic E-state index is 10.3. The van der Waals surface area contributed by atoms with Gasteiger partial charge < -0.3 is 10.6 Å². The van der Waals surface area contributed by atoms with E-state index >= 15 is 0 Å². The number of nitrogens with one attached hydrogen (secondary N) is 2. The van der Waals surface area contributed by atoms with Crippen LogP contribution < -0.4 is 10.6 Å². The number of halogens is 1. The summed E-state index contributed by atoms with van der Waals surface area (Å²) in [6.45, 7) is 6.51. The van der Waals surface area contributed by atoms with Crippen molar-refractivity contribution in [3.05, 3.63) is 0 Å². The fourth-order valence-electron chi connectivity index (χ4n) is 2.74. The van der Waals surface area contributed by atoms with Gasteiger partial charge in [0.05, 0.1) is 0 Å². The van der Waals surface area contributed by atoms with Crippen molar-refractivity contribution in [1.82, 2.24) is 10.6 Å². The number of hydrogen-bond acceptors (Lipinski definition) is 2. The molecule has 1 amide bonds. The lowest BCUT2D eigenvalue weighted by Crippen LogP contribution is -2.43. The van der Waals surface area contributed by atoms with Crippen molar-refractivity contribution in [3.8, 4) is 0 Å². The zero-order valence-corrected chi connectivity index (χ0v) is 8.86. The molecule has 0 radical (unpaired) electrons. The summed E-state index contributed by atoms with van der Waals surface area (Å²) < 4.78 is 0. The van der Waals surface area contributed by atoms with Gasteiger partial charge in [0, 0.05) is 5.54 Å². The second-order valence-electron chi connectivity index (χ2n) is 4.50. The monoisotopic (exact) mass is 204 g/mol. The summed E-state index contributed by atoms with van der Waals surface area (Å²) >= 11 is 0. The van der Waals surface area contributed by atoms with E-state index in [9.17, 15) is 4.79 Å². The quantitative estimate of drug-likeness (QED) is 0.654. The SMILES string of the molecule is CC(C)(NC=O)C1[C@H]2CNC[C@@H]12.Cl. The molecule has 1 aliphatic heterocycles. The van der Waals surface area contributed by atoms with Gasteiger partial charge in [-0.2, -0.15) is 0 Å². The van der Waals surface area contributed by atoms with Crippen LogP contribution in [0.25, 0.3) is 0 Å². The average Bonchev–Trinajstić information content (AvgIpc) is 2.50. The Bertz CT molecular complexity index is 198. The number of amides is 1. The Hall–Kier alpha value is -0.280. The molecule has 4 heteroatoms. The lowest BCUT2D eigenvalue weighted by atomic mass is 9.95. The third-order valence-corrected chi connectivity index (χ3v) is 3.36. The minimum atomic E-state index is -0.000810. The smallest absolute Gasteiger partial charge is 0.207 e. The third-order valence-electron chi connectivity index (χ3n) is 3.36. The normalized spacial score (nSPS) is 36.0. The molecule has 2 aliphatic rings. The molecule has 2 fully saturated rings. The Labute approximate surface area is 85.1 Å². The summed E-state index contributed by atoms with van der Waals surface area (Å²) in [5, 5.41) is 6.25. The molecule has 0 aromatic rings. The fourth-order valence-corrected chi connectivity index (χ4v) is 2.74. The van der Waals surface area contributed by atoms with E-state index in [0.29, 0.717) is 5.92 Å². The Morgan fingerprint density at radius 1 is 1.38 bits per heavy atom. The van der Waals surface area contributed by atoms with Gasteiger partial charge in [0.2, 0.25) is 6.41 Å². The van der Waals surface area contributed by atoms with Gasteiger partial charge in [-0.1, -0.05) is 0 Å². The first kappa shape index (κ1) is 10.8. The first-order valence-electron chi connectivity index (χ1n) is 4.59. The summed E-state index contributed by atoms with van der Waals surface area (Å²) in [6, 6.07) is 0. The predicted octanol–water partition coefficient (Wildman–Crippen LogP) is 0.398. The zero-order chi connectivity index (χ0) is 8.77. The molecule has 2 N–H and O–H groups in total. The van der Waals surface area contributed by atoms with Crippen LogP contribution in [0.3, 0.4) is 0 Å². The van der Waals surface area contributed by atoms with E-state index in [2.05, 4.69) is 24.5 Å². The molecule has 2 rings (SSSR count). The Balaban J connectivity index is 0.000000845. The molecular formula is C9H17ClN2O. The maximum Gasteiger partial charge on any atom is 0.207 e. The number of piperidine rings is 1. The van der Waals surface area contributed by atoms with Crippen LogP contribution in [0.15, 0.2) is 0 Å². The zero-order valence-electron chi connectivity index (χ0n) is 8.04. The first-order chi connectivity index (χ1) is 5.67. The van der Waals surface area contributed by atoms with Gasteiger partial charge in [0.1, 0.15) is 0 Å². The van der Waals surface area contributed by atoms with E-state index in [-0.39, 0.29) is 17.9 Å². The number of rotatable bonds is 3. The van der Waals surface area contributed by atoms with Crippen molar-refractivity contribution >= 4 is 18.8 Å². The van der Waals surface area contributed by atoms with E-state index in [4.69, 9.17) is 0 Å². The Morgan fingerprint density at radius 3 is 2.38 bits per heavy atom. The van der Waals surface area contributed by atoms with Gasteiger partial charge in [-0.25, -0.2) is 0 Å². The van der Waals surface area contributed by atoms with Crippen molar-refractivity contribution in [3.63, 3.8) is 0 Å². The lowest BCUT2D eigenvalue weighted by molar-refractivity contribution is -0.111. The fraction of sp³-hybridized carbons (Fsp3) is 0.889. The molecule has 1 heterocycles. The van der Waals surface area contributed by atoms with Crippen molar-refractivity contribution in [2.45, 2.75) is 19.4 Å². The average molecular weight is 205 g/mol. The molecule has 0 spiro atoms. The predicted molar refractivity (Wildman–Crippen MR) is 53.9 cm³/mol. The van der Waals surface area contributed by atoms with Gasteiger partial charge >= 0.3 is 0 Å². The molecule has 0 aromatic heterocycles. The number of carbonyl (C=O) groups excluding carboxylic acids is 1. The number of carbonyl (C=O) groups is 1. The highest BCUT2D eigenvalue weighted by Crippen LogP contribution is 2.54. The van der Waals surface area contributed by atoms with E-state index < -0.39 is 0 Å². The van der Waals surface area contributed by atoms with E-state index in [1.165, 1.54) is 0 Å². The molecule has 76 valence electrons. The topological polar surface area (TPSA) is 41.1 Å². The lowest BCUT2D eigenvalue weighted by Gasteiger charge is -2.26. The second kappa shape index (κ2) is 3.46. The standard InChI is InChI=1S/C9H16N2O.ClH/c1-9(2,11-5-12)8-6-3-10-4-7(6)8;/h5-8,10H,3-4H2,1-2H3,(H,11,12);1H/t6-,7+,8?;. The molecule has 0 aromatic carbocycles. The number of fused-ring (bicyclic) bond motifs is 1. The molecule has 1 saturated carbocycles. The van der Waals surface area contributed by atoms with Crippen molar-refractivity contribution in [2.24, 2.45) is 17.8 Å². The van der Waals surface area contributed by atoms with Crippen LogP contribution >= 0.6 is 12.4 Å². The summed E-state index contributed by atoms with van der Waals surface area (Å²) in [7, 11) is 0. The van der Waals surface area contributed by atoms with Crippen LogP contribution in [0.2, 0.25) is 0 Å². The van der Waals surface area contributed by atoms with E-state index in [0.717, 1.165) is 31.3 Å². The highest BCUT2D eigenvalue weighted by Gasteiger charge is 2.59. The molecule has 0 bridgehead atoms. The van der Waals surface area contributed by atoms with Crippen LogP contribution in [0.1, 0.15) is 13.8 Å². The maximum atomic E-state index is 10.3. The molecule has 1 aliphatic carbocycles. The summed E-state index contributed by atoms with van der Waals surface area (Å²) in [5.74, 6) is 2.32. The second-order valence-corrected chi connectivity index (χ2v) is 4.50. The molecule has 1 unspecified atom stereocenters. The third kappa shape index (κ3) is 1.67. The van der Waals surface area contributed by atoms with Gasteiger partial charge in [-0.15, -0.1) is 12.4 Å². The first-order valence-corrected chi connectivity index (χ1v) is 4.59. The Morgan fingerprint density at radius 2 is 1.92 bits per heavy atom. The van der Waals surface area contributed by atoms with E-state index in [1.807, 2.05) is 0 Å².